The fourth-order valence-electron chi connectivity index (χ4n) is 3.06. The first-order chi connectivity index (χ1) is 12.1. The highest BCUT2D eigenvalue weighted by atomic mass is 79.9. The molecule has 25 heavy (non-hydrogen) atoms. The first-order valence-electron chi connectivity index (χ1n) is 8.64. The van der Waals surface area contributed by atoms with Gasteiger partial charge in [-0.1, -0.05) is 30.3 Å². The van der Waals surface area contributed by atoms with E-state index in [-0.39, 0.29) is 11.9 Å². The molecule has 1 aliphatic rings. The van der Waals surface area contributed by atoms with Gasteiger partial charge in [0.15, 0.2) is 0 Å². The van der Waals surface area contributed by atoms with Crippen molar-refractivity contribution in [2.75, 3.05) is 26.2 Å². The molecule has 1 atom stereocenters. The minimum atomic E-state index is -0.0817. The van der Waals surface area contributed by atoms with E-state index in [0.717, 1.165) is 38.3 Å². The minimum absolute atomic E-state index is 0.0817. The molecule has 1 N–H and O–H groups in total. The number of nitrogens with one attached hydrogen (secondary N) is 1. The summed E-state index contributed by atoms with van der Waals surface area (Å²) in [6, 6.07) is 14.3. The number of benzene rings is 1. The molecule has 134 valence electrons. The molecule has 1 fully saturated rings. The summed E-state index contributed by atoms with van der Waals surface area (Å²) in [5, 5.41) is 3.05. The lowest BCUT2D eigenvalue weighted by Gasteiger charge is -2.37. The summed E-state index contributed by atoms with van der Waals surface area (Å²) in [5.41, 5.74) is 1.13. The molecule has 1 aliphatic heterocycles. The normalized spacial score (nSPS) is 17.4. The first-order valence-corrected chi connectivity index (χ1v) is 10.2. The van der Waals surface area contributed by atoms with Crippen molar-refractivity contribution < 1.29 is 4.79 Å². The number of amides is 1. The van der Waals surface area contributed by atoms with Crippen LogP contribution in [-0.2, 0) is 17.9 Å². The second kappa shape index (κ2) is 8.94. The van der Waals surface area contributed by atoms with Gasteiger partial charge in [0, 0.05) is 44.1 Å². The number of carbonyl (C=O) groups excluding carboxylic acids is 1. The average Bonchev–Trinajstić information content (AvgIpc) is 3.05. The van der Waals surface area contributed by atoms with Crippen molar-refractivity contribution in [1.82, 2.24) is 15.1 Å². The largest absolute Gasteiger partial charge is 0.351 e. The van der Waals surface area contributed by atoms with E-state index in [1.807, 2.05) is 37.3 Å². The Kier molecular flexibility index (Phi) is 6.64. The molecule has 4 nitrogen and oxygen atoms in total. The van der Waals surface area contributed by atoms with Crippen molar-refractivity contribution in [3.8, 4) is 0 Å². The van der Waals surface area contributed by atoms with Crippen molar-refractivity contribution >= 4 is 33.2 Å². The Balaban J connectivity index is 1.42. The molecular formula is C19H24BrN3OS. The fourth-order valence-corrected chi connectivity index (χ4v) is 4.59. The summed E-state index contributed by atoms with van der Waals surface area (Å²) in [6.45, 7) is 7.48. The van der Waals surface area contributed by atoms with Crippen LogP contribution in [0.2, 0.25) is 0 Å². The summed E-state index contributed by atoms with van der Waals surface area (Å²) in [7, 11) is 0. The smallest absolute Gasteiger partial charge is 0.237 e. The second-order valence-corrected chi connectivity index (χ2v) is 8.94. The third-order valence-corrected chi connectivity index (χ3v) is 6.26. The molecule has 0 unspecified atom stereocenters. The summed E-state index contributed by atoms with van der Waals surface area (Å²) in [4.78, 5) is 18.5. The van der Waals surface area contributed by atoms with Gasteiger partial charge in [-0.15, -0.1) is 11.3 Å². The maximum absolute atomic E-state index is 12.4. The number of rotatable bonds is 6. The number of halogens is 1. The Morgan fingerprint density at radius 1 is 1.16 bits per heavy atom. The Morgan fingerprint density at radius 3 is 2.52 bits per heavy atom. The summed E-state index contributed by atoms with van der Waals surface area (Å²) >= 11 is 5.32. The van der Waals surface area contributed by atoms with Crippen LogP contribution in [0, 0.1) is 0 Å². The standard InChI is InChI=1S/C19H24BrN3OS/c1-15(19(24)21-13-16-5-3-2-4-6-16)23-11-9-22(10-12-23)14-17-7-8-18(20)25-17/h2-8,15H,9-14H2,1H3,(H,21,24)/t15-/m0/s1. The highest BCUT2D eigenvalue weighted by Gasteiger charge is 2.25. The van der Waals surface area contributed by atoms with E-state index < -0.39 is 0 Å². The molecule has 1 aromatic heterocycles. The van der Waals surface area contributed by atoms with E-state index in [0.29, 0.717) is 6.54 Å². The minimum Gasteiger partial charge on any atom is -0.351 e. The van der Waals surface area contributed by atoms with E-state index >= 15 is 0 Å². The fraction of sp³-hybridized carbons (Fsp3) is 0.421. The molecule has 6 heteroatoms. The SMILES string of the molecule is C[C@@H](C(=O)NCc1ccccc1)N1CCN(Cc2ccc(Br)s2)CC1. The maximum atomic E-state index is 12.4. The lowest BCUT2D eigenvalue weighted by molar-refractivity contribution is -0.126. The van der Waals surface area contributed by atoms with Crippen LogP contribution in [0.15, 0.2) is 46.3 Å². The van der Waals surface area contributed by atoms with Crippen molar-refractivity contribution in [2.24, 2.45) is 0 Å². The zero-order chi connectivity index (χ0) is 17.6. The highest BCUT2D eigenvalue weighted by molar-refractivity contribution is 9.11. The van der Waals surface area contributed by atoms with Crippen molar-refractivity contribution in [2.45, 2.75) is 26.1 Å². The molecule has 0 radical (unpaired) electrons. The lowest BCUT2D eigenvalue weighted by Crippen LogP contribution is -2.53. The third kappa shape index (κ3) is 5.38. The molecule has 0 bridgehead atoms. The topological polar surface area (TPSA) is 35.6 Å². The van der Waals surface area contributed by atoms with Gasteiger partial charge in [0.1, 0.15) is 0 Å². The molecule has 3 rings (SSSR count). The van der Waals surface area contributed by atoms with Crippen molar-refractivity contribution in [3.05, 3.63) is 56.7 Å². The molecule has 0 aliphatic carbocycles. The number of nitrogens with zero attached hydrogens (tertiary/aromatic N) is 2. The van der Waals surface area contributed by atoms with Crippen LogP contribution in [0.4, 0.5) is 0 Å². The van der Waals surface area contributed by atoms with Crippen molar-refractivity contribution in [3.63, 3.8) is 0 Å². The predicted octanol–water partition coefficient (Wildman–Crippen LogP) is 3.33. The maximum Gasteiger partial charge on any atom is 0.237 e. The molecule has 2 aromatic rings. The van der Waals surface area contributed by atoms with E-state index in [4.69, 9.17) is 0 Å². The Hall–Kier alpha value is -1.21. The van der Waals surface area contributed by atoms with Gasteiger partial charge < -0.3 is 5.32 Å². The van der Waals surface area contributed by atoms with Crippen LogP contribution in [0.3, 0.4) is 0 Å². The van der Waals surface area contributed by atoms with Crippen molar-refractivity contribution in [1.29, 1.82) is 0 Å². The predicted molar refractivity (Wildman–Crippen MR) is 107 cm³/mol. The zero-order valence-electron chi connectivity index (χ0n) is 14.5. The average molecular weight is 422 g/mol. The van der Waals surface area contributed by atoms with Gasteiger partial charge in [-0.05, 0) is 40.5 Å². The van der Waals surface area contributed by atoms with Gasteiger partial charge in [0.2, 0.25) is 5.91 Å². The summed E-state index contributed by atoms with van der Waals surface area (Å²) < 4.78 is 1.19. The first kappa shape index (κ1) is 18.6. The Morgan fingerprint density at radius 2 is 1.88 bits per heavy atom. The van der Waals surface area contributed by atoms with Gasteiger partial charge in [0.05, 0.1) is 9.83 Å². The number of carbonyl (C=O) groups is 1. The molecule has 1 saturated heterocycles. The molecule has 0 saturated carbocycles. The quantitative estimate of drug-likeness (QED) is 0.776. The molecule has 1 amide bonds. The Bertz CT molecular complexity index is 683. The van der Waals surface area contributed by atoms with Gasteiger partial charge >= 0.3 is 0 Å². The monoisotopic (exact) mass is 421 g/mol. The highest BCUT2D eigenvalue weighted by Crippen LogP contribution is 2.23. The number of hydrogen-bond donors (Lipinski definition) is 1. The molecule has 0 spiro atoms. The van der Waals surface area contributed by atoms with Crippen LogP contribution in [0.1, 0.15) is 17.4 Å². The zero-order valence-corrected chi connectivity index (χ0v) is 16.9. The van der Waals surface area contributed by atoms with Crippen LogP contribution in [0.5, 0.6) is 0 Å². The van der Waals surface area contributed by atoms with Gasteiger partial charge in [-0.2, -0.15) is 0 Å². The van der Waals surface area contributed by atoms with E-state index in [9.17, 15) is 4.79 Å². The number of hydrogen-bond acceptors (Lipinski definition) is 4. The van der Waals surface area contributed by atoms with Gasteiger partial charge in [-0.25, -0.2) is 0 Å². The number of piperazine rings is 1. The van der Waals surface area contributed by atoms with Crippen LogP contribution in [0.25, 0.3) is 0 Å². The van der Waals surface area contributed by atoms with Crippen LogP contribution < -0.4 is 5.32 Å². The third-order valence-electron chi connectivity index (χ3n) is 4.65. The van der Waals surface area contributed by atoms with Crippen LogP contribution in [-0.4, -0.2) is 47.9 Å². The van der Waals surface area contributed by atoms with E-state index in [1.165, 1.54) is 8.66 Å². The molecule has 1 aromatic carbocycles. The second-order valence-electron chi connectivity index (χ2n) is 6.40. The van der Waals surface area contributed by atoms with Gasteiger partial charge in [-0.3, -0.25) is 14.6 Å². The molecule has 2 heterocycles. The van der Waals surface area contributed by atoms with Crippen LogP contribution >= 0.6 is 27.3 Å². The van der Waals surface area contributed by atoms with E-state index in [2.05, 4.69) is 43.2 Å². The summed E-state index contributed by atoms with van der Waals surface area (Å²) in [5.74, 6) is 0.111. The molecular weight excluding hydrogens is 398 g/mol. The van der Waals surface area contributed by atoms with Gasteiger partial charge in [0.25, 0.3) is 0 Å². The lowest BCUT2D eigenvalue weighted by atomic mass is 10.2. The summed E-state index contributed by atoms with van der Waals surface area (Å²) in [6.07, 6.45) is 0. The number of thiophene rings is 1. The Labute approximate surface area is 162 Å². The van der Waals surface area contributed by atoms with E-state index in [1.54, 1.807) is 11.3 Å².